The van der Waals surface area contributed by atoms with E-state index in [1.165, 1.54) is 12.8 Å². The van der Waals surface area contributed by atoms with Gasteiger partial charge in [0.15, 0.2) is 0 Å². The van der Waals surface area contributed by atoms with E-state index in [0.29, 0.717) is 0 Å². The van der Waals surface area contributed by atoms with Crippen molar-refractivity contribution in [3.8, 4) is 0 Å². The van der Waals surface area contributed by atoms with Gasteiger partial charge in [-0.1, -0.05) is 0 Å². The second-order valence-electron chi connectivity index (χ2n) is 1.22. The van der Waals surface area contributed by atoms with E-state index in [-0.39, 0.29) is 23.1 Å². The molecule has 0 aliphatic carbocycles. The summed E-state index contributed by atoms with van der Waals surface area (Å²) in [4.78, 5) is 0. The molecule has 0 atom stereocenters. The van der Waals surface area contributed by atoms with Gasteiger partial charge < -0.3 is 4.28 Å². The van der Waals surface area contributed by atoms with Crippen molar-refractivity contribution >= 4 is 16.6 Å². The minimum Gasteiger partial charge on any atom is -1.00 e. The number of hydrogen-bond donors (Lipinski definition) is 0. The van der Waals surface area contributed by atoms with Crippen LogP contribution in [0.25, 0.3) is 0 Å². The molecule has 0 bridgehead atoms. The van der Waals surface area contributed by atoms with E-state index in [1.807, 2.05) is 0 Å². The SMILES string of the molecule is CCCC[O][Al+2].[H-].[H-].[H-].[Li+]. The van der Waals surface area contributed by atoms with Gasteiger partial charge >= 0.3 is 65.6 Å². The largest absolute Gasteiger partial charge is 1.00 e. The molecule has 0 saturated heterocycles. The Labute approximate surface area is 70.2 Å². The Hall–Kier alpha value is 1.09. The standard InChI is InChI=1S/C4H9O.Al.Li.3H/c1-2-3-4-5;;;;;/h2-4H2,1H3;;;;;/q-1;+3;+1;3*-1. The molecule has 0 unspecified atom stereocenters. The first-order valence-corrected chi connectivity index (χ1v) is 2.70. The van der Waals surface area contributed by atoms with E-state index in [4.69, 9.17) is 3.79 Å². The summed E-state index contributed by atoms with van der Waals surface area (Å²) in [5.74, 6) is 0. The zero-order valence-corrected chi connectivity index (χ0v) is 6.26. The van der Waals surface area contributed by atoms with Gasteiger partial charge in [0, 0.05) is 0 Å². The molecule has 0 aromatic heterocycles. The van der Waals surface area contributed by atoms with Crippen LogP contribution in [0.15, 0.2) is 0 Å². The average molecular weight is 110 g/mol. The fourth-order valence-electron chi connectivity index (χ4n) is 0.228. The van der Waals surface area contributed by atoms with Crippen molar-refractivity contribution in [1.29, 1.82) is 0 Å². The molecule has 0 rings (SSSR count). The summed E-state index contributed by atoms with van der Waals surface area (Å²) < 4.78 is 4.70. The maximum atomic E-state index is 4.70. The first kappa shape index (κ1) is 11.0. The Kier molecular flexibility index (Phi) is 15.9. The van der Waals surface area contributed by atoms with Crippen molar-refractivity contribution in [1.82, 2.24) is 0 Å². The van der Waals surface area contributed by atoms with Crippen molar-refractivity contribution < 1.29 is 26.9 Å². The molecule has 0 aromatic rings. The molecular formula is C4H12AlLiO. The predicted octanol–water partition coefficient (Wildman–Crippen LogP) is -1.77. The molecule has 0 amide bonds. The summed E-state index contributed by atoms with van der Waals surface area (Å²) in [6, 6.07) is 0. The van der Waals surface area contributed by atoms with Crippen LogP contribution in [0.3, 0.4) is 0 Å². The van der Waals surface area contributed by atoms with Crippen LogP contribution in [0.2, 0.25) is 0 Å². The van der Waals surface area contributed by atoms with Crippen LogP contribution in [0.5, 0.6) is 0 Å². The van der Waals surface area contributed by atoms with Crippen LogP contribution in [-0.4, -0.2) is 23.2 Å². The molecule has 3 heteroatoms. The molecule has 0 aliphatic heterocycles. The fraction of sp³-hybridized carbons (Fsp3) is 1.00. The molecule has 1 nitrogen and oxygen atoms in total. The number of hydrogen-bond acceptors (Lipinski definition) is 1. The Bertz CT molecular complexity index is 32.5. The fourth-order valence-corrected chi connectivity index (χ4v) is 0.394. The summed E-state index contributed by atoms with van der Waals surface area (Å²) >= 11 is 2.23. The third kappa shape index (κ3) is 11.0. The van der Waals surface area contributed by atoms with Crippen molar-refractivity contribution in [2.24, 2.45) is 0 Å². The number of unbranched alkanes of at least 4 members (excludes halogenated alkanes) is 1. The summed E-state index contributed by atoms with van der Waals surface area (Å²) in [5.41, 5.74) is 0. The molecule has 0 fully saturated rings. The summed E-state index contributed by atoms with van der Waals surface area (Å²) in [6.45, 7) is 3.02. The molecular weight excluding hydrogens is 98.0 g/mol. The van der Waals surface area contributed by atoms with Crippen LogP contribution in [0.4, 0.5) is 0 Å². The van der Waals surface area contributed by atoms with E-state index in [2.05, 4.69) is 23.5 Å². The molecule has 0 saturated carbocycles. The van der Waals surface area contributed by atoms with Crippen LogP contribution >= 0.6 is 0 Å². The van der Waals surface area contributed by atoms with Crippen LogP contribution in [0.1, 0.15) is 24.0 Å². The van der Waals surface area contributed by atoms with Gasteiger partial charge in [-0.15, -0.1) is 0 Å². The van der Waals surface area contributed by atoms with Crippen molar-refractivity contribution in [2.45, 2.75) is 19.8 Å². The second-order valence-corrected chi connectivity index (χ2v) is 1.56. The molecule has 0 radical (unpaired) electrons. The van der Waals surface area contributed by atoms with Gasteiger partial charge in [-0.2, -0.15) is 0 Å². The van der Waals surface area contributed by atoms with Crippen LogP contribution in [-0.2, 0) is 3.79 Å². The van der Waals surface area contributed by atoms with Crippen molar-refractivity contribution in [2.75, 3.05) is 6.61 Å². The maximum Gasteiger partial charge on any atom is 1.00 e. The first-order chi connectivity index (χ1) is 2.91. The molecule has 0 aliphatic rings. The quantitative estimate of drug-likeness (QED) is 0.308. The zero-order chi connectivity index (χ0) is 4.83. The Balaban J connectivity index is -0.0000000208. The van der Waals surface area contributed by atoms with Gasteiger partial charge in [0.2, 0.25) is 0 Å². The molecule has 0 N–H and O–H groups in total. The second kappa shape index (κ2) is 10.1. The molecule has 0 spiro atoms. The Morgan fingerprint density at radius 3 is 2.43 bits per heavy atom. The molecule has 38 valence electrons. The molecule has 7 heavy (non-hydrogen) atoms. The third-order valence-corrected chi connectivity index (χ3v) is 0.851. The third-order valence-electron chi connectivity index (χ3n) is 0.616. The Morgan fingerprint density at radius 1 is 1.71 bits per heavy atom. The van der Waals surface area contributed by atoms with Crippen LogP contribution < -0.4 is 18.9 Å². The van der Waals surface area contributed by atoms with E-state index in [9.17, 15) is 0 Å². The van der Waals surface area contributed by atoms with E-state index < -0.39 is 0 Å². The minimum atomic E-state index is 0. The average Bonchev–Trinajstić information content (AvgIpc) is 1.61. The zero-order valence-electron chi connectivity index (χ0n) is 8.11. The van der Waals surface area contributed by atoms with Gasteiger partial charge in [0.25, 0.3) is 0 Å². The molecule has 0 heterocycles. The number of rotatable bonds is 3. The van der Waals surface area contributed by atoms with Gasteiger partial charge in [-0.3, -0.25) is 0 Å². The summed E-state index contributed by atoms with van der Waals surface area (Å²) in [6.07, 6.45) is 2.39. The first-order valence-electron chi connectivity index (χ1n) is 2.23. The van der Waals surface area contributed by atoms with Crippen molar-refractivity contribution in [3.63, 3.8) is 0 Å². The van der Waals surface area contributed by atoms with E-state index in [0.717, 1.165) is 6.61 Å². The summed E-state index contributed by atoms with van der Waals surface area (Å²) in [5, 5.41) is 0. The topological polar surface area (TPSA) is 9.23 Å². The smallest absolute Gasteiger partial charge is 1.00 e. The Morgan fingerprint density at radius 2 is 2.29 bits per heavy atom. The van der Waals surface area contributed by atoms with E-state index in [1.54, 1.807) is 0 Å². The van der Waals surface area contributed by atoms with Gasteiger partial charge in [-0.25, -0.2) is 0 Å². The normalized spacial score (nSPS) is 7.86. The van der Waals surface area contributed by atoms with Gasteiger partial charge in [-0.05, 0) is 0 Å². The summed E-state index contributed by atoms with van der Waals surface area (Å²) in [7, 11) is 0. The molecule has 0 aromatic carbocycles. The minimum absolute atomic E-state index is 0. The van der Waals surface area contributed by atoms with Gasteiger partial charge in [0.1, 0.15) is 0 Å². The van der Waals surface area contributed by atoms with E-state index >= 15 is 0 Å². The van der Waals surface area contributed by atoms with Crippen LogP contribution in [0, 0.1) is 0 Å². The van der Waals surface area contributed by atoms with Gasteiger partial charge in [0.05, 0.1) is 0 Å². The van der Waals surface area contributed by atoms with Crippen molar-refractivity contribution in [3.05, 3.63) is 0 Å². The maximum absolute atomic E-state index is 4.70. The predicted molar refractivity (Wildman–Crippen MR) is 29.9 cm³/mol. The monoisotopic (exact) mass is 110 g/mol.